The molecule has 0 heterocycles. The van der Waals surface area contributed by atoms with Gasteiger partial charge in [0.15, 0.2) is 11.5 Å². The third-order valence-corrected chi connectivity index (χ3v) is 3.85. The van der Waals surface area contributed by atoms with Crippen molar-refractivity contribution in [1.29, 1.82) is 0 Å². The lowest BCUT2D eigenvalue weighted by molar-refractivity contribution is 0.0680. The van der Waals surface area contributed by atoms with E-state index in [0.29, 0.717) is 18.7 Å². The Kier molecular flexibility index (Phi) is 4.84. The molecule has 1 fully saturated rings. The number of hydrogen-bond donors (Lipinski definition) is 3. The number of carbonyl (C=O) groups is 1. The van der Waals surface area contributed by atoms with Gasteiger partial charge in [0.05, 0.1) is 0 Å². The predicted octanol–water partition coefficient (Wildman–Crippen LogP) is 1.83. The normalized spacial score (nSPS) is 15.4. The predicted molar refractivity (Wildman–Crippen MR) is 76.7 cm³/mol. The molecule has 0 radical (unpaired) electrons. The van der Waals surface area contributed by atoms with E-state index in [1.54, 1.807) is 6.07 Å². The quantitative estimate of drug-likeness (QED) is 0.717. The molecule has 20 heavy (non-hydrogen) atoms. The van der Waals surface area contributed by atoms with Gasteiger partial charge in [-0.3, -0.25) is 4.79 Å². The number of benzene rings is 1. The molecule has 5 nitrogen and oxygen atoms in total. The lowest BCUT2D eigenvalue weighted by Crippen LogP contribution is -2.40. The van der Waals surface area contributed by atoms with Gasteiger partial charge in [-0.15, -0.1) is 0 Å². The third-order valence-electron chi connectivity index (χ3n) is 3.85. The van der Waals surface area contributed by atoms with E-state index < -0.39 is 0 Å². The van der Waals surface area contributed by atoms with Gasteiger partial charge in [-0.1, -0.05) is 12.8 Å². The summed E-state index contributed by atoms with van der Waals surface area (Å²) in [6, 6.07) is 4.48. The van der Waals surface area contributed by atoms with E-state index in [1.807, 2.05) is 4.90 Å². The SMILES string of the molecule is NCCCN(C(=O)c1ccc(O)c(O)c1)C1CCCC1. The Balaban J connectivity index is 2.17. The maximum atomic E-state index is 12.6. The van der Waals surface area contributed by atoms with Crippen LogP contribution in [0.25, 0.3) is 0 Å². The highest BCUT2D eigenvalue weighted by atomic mass is 16.3. The maximum Gasteiger partial charge on any atom is 0.254 e. The maximum absolute atomic E-state index is 12.6. The number of nitrogens with two attached hydrogens (primary N) is 1. The molecule has 1 saturated carbocycles. The van der Waals surface area contributed by atoms with Crippen molar-refractivity contribution >= 4 is 5.91 Å². The number of carbonyl (C=O) groups excluding carboxylic acids is 1. The Bertz CT molecular complexity index is 470. The van der Waals surface area contributed by atoms with Crippen LogP contribution in [0, 0.1) is 0 Å². The van der Waals surface area contributed by atoms with Gasteiger partial charge in [-0.2, -0.15) is 0 Å². The molecule has 0 unspecified atom stereocenters. The molecule has 1 aromatic carbocycles. The van der Waals surface area contributed by atoms with Crippen LogP contribution >= 0.6 is 0 Å². The zero-order valence-electron chi connectivity index (χ0n) is 11.6. The van der Waals surface area contributed by atoms with E-state index in [1.165, 1.54) is 12.1 Å². The van der Waals surface area contributed by atoms with Gasteiger partial charge in [-0.25, -0.2) is 0 Å². The Morgan fingerprint density at radius 2 is 1.95 bits per heavy atom. The second-order valence-corrected chi connectivity index (χ2v) is 5.28. The first-order valence-corrected chi connectivity index (χ1v) is 7.16. The molecule has 5 heteroatoms. The second kappa shape index (κ2) is 6.61. The fourth-order valence-corrected chi connectivity index (χ4v) is 2.75. The number of phenolic OH excluding ortho intramolecular Hbond substituents is 2. The fourth-order valence-electron chi connectivity index (χ4n) is 2.75. The first-order valence-electron chi connectivity index (χ1n) is 7.16. The van der Waals surface area contributed by atoms with Gasteiger partial charge in [0.2, 0.25) is 0 Å². The van der Waals surface area contributed by atoms with E-state index in [9.17, 15) is 15.0 Å². The molecule has 110 valence electrons. The summed E-state index contributed by atoms with van der Waals surface area (Å²) >= 11 is 0. The molecule has 0 aliphatic heterocycles. The number of aromatic hydroxyl groups is 2. The highest BCUT2D eigenvalue weighted by Gasteiger charge is 2.27. The van der Waals surface area contributed by atoms with E-state index in [4.69, 9.17) is 5.73 Å². The van der Waals surface area contributed by atoms with Crippen LogP contribution in [0.1, 0.15) is 42.5 Å². The van der Waals surface area contributed by atoms with Gasteiger partial charge in [0.1, 0.15) is 0 Å². The van der Waals surface area contributed by atoms with Crippen LogP contribution in [-0.4, -0.2) is 40.2 Å². The lowest BCUT2D eigenvalue weighted by atomic mass is 10.1. The first kappa shape index (κ1) is 14.7. The molecule has 1 aliphatic carbocycles. The fraction of sp³-hybridized carbons (Fsp3) is 0.533. The van der Waals surface area contributed by atoms with Gasteiger partial charge < -0.3 is 20.8 Å². The molecule has 2 rings (SSSR count). The molecular weight excluding hydrogens is 256 g/mol. The number of nitrogens with zero attached hydrogens (tertiary/aromatic N) is 1. The summed E-state index contributed by atoms with van der Waals surface area (Å²) in [5.41, 5.74) is 5.95. The Hall–Kier alpha value is -1.75. The molecular formula is C15H22N2O3. The van der Waals surface area contributed by atoms with Crippen molar-refractivity contribution < 1.29 is 15.0 Å². The van der Waals surface area contributed by atoms with Crippen molar-refractivity contribution in [3.63, 3.8) is 0 Å². The van der Waals surface area contributed by atoms with Crippen molar-refractivity contribution in [3.05, 3.63) is 23.8 Å². The molecule has 1 aliphatic rings. The summed E-state index contributed by atoms with van der Waals surface area (Å²) in [6.45, 7) is 1.19. The van der Waals surface area contributed by atoms with Gasteiger partial charge in [0.25, 0.3) is 5.91 Å². The summed E-state index contributed by atoms with van der Waals surface area (Å²) in [6.07, 6.45) is 5.13. The summed E-state index contributed by atoms with van der Waals surface area (Å²) in [5.74, 6) is -0.572. The minimum Gasteiger partial charge on any atom is -0.504 e. The van der Waals surface area contributed by atoms with Crippen molar-refractivity contribution in [1.82, 2.24) is 4.90 Å². The minimum atomic E-state index is -0.263. The van der Waals surface area contributed by atoms with Crippen molar-refractivity contribution in [2.24, 2.45) is 5.73 Å². The van der Waals surface area contributed by atoms with E-state index >= 15 is 0 Å². The smallest absolute Gasteiger partial charge is 0.254 e. The number of phenols is 2. The molecule has 1 amide bonds. The average Bonchev–Trinajstić information content (AvgIpc) is 2.96. The molecule has 1 aromatic rings. The summed E-state index contributed by atoms with van der Waals surface area (Å²) in [7, 11) is 0. The number of rotatable bonds is 5. The monoisotopic (exact) mass is 278 g/mol. The highest BCUT2D eigenvalue weighted by molar-refractivity contribution is 5.95. The van der Waals surface area contributed by atoms with Crippen LogP contribution in [0.15, 0.2) is 18.2 Å². The summed E-state index contributed by atoms with van der Waals surface area (Å²) in [4.78, 5) is 14.5. The molecule has 0 atom stereocenters. The second-order valence-electron chi connectivity index (χ2n) is 5.28. The average molecular weight is 278 g/mol. The van der Waals surface area contributed by atoms with E-state index in [0.717, 1.165) is 32.1 Å². The largest absolute Gasteiger partial charge is 0.504 e. The lowest BCUT2D eigenvalue weighted by Gasteiger charge is -2.29. The van der Waals surface area contributed by atoms with Crippen LogP contribution in [0.5, 0.6) is 11.5 Å². The van der Waals surface area contributed by atoms with E-state index in [2.05, 4.69) is 0 Å². The standard InChI is InChI=1S/C15H22N2O3/c16-8-3-9-17(12-4-1-2-5-12)15(20)11-6-7-13(18)14(19)10-11/h6-7,10,12,18-19H,1-5,8-9,16H2. The Morgan fingerprint density at radius 3 is 2.55 bits per heavy atom. The van der Waals surface area contributed by atoms with Crippen LogP contribution in [0.4, 0.5) is 0 Å². The van der Waals surface area contributed by atoms with Crippen molar-refractivity contribution in [3.8, 4) is 11.5 Å². The van der Waals surface area contributed by atoms with Gasteiger partial charge in [0, 0.05) is 18.2 Å². The molecule has 0 aromatic heterocycles. The Morgan fingerprint density at radius 1 is 1.25 bits per heavy atom. The number of hydrogen-bond acceptors (Lipinski definition) is 4. The van der Waals surface area contributed by atoms with Crippen LogP contribution < -0.4 is 5.73 Å². The topological polar surface area (TPSA) is 86.8 Å². The van der Waals surface area contributed by atoms with Crippen molar-refractivity contribution in [2.75, 3.05) is 13.1 Å². The zero-order chi connectivity index (χ0) is 14.5. The molecule has 0 spiro atoms. The molecule has 0 saturated heterocycles. The molecule has 0 bridgehead atoms. The highest BCUT2D eigenvalue weighted by Crippen LogP contribution is 2.28. The van der Waals surface area contributed by atoms with Crippen LogP contribution in [0.3, 0.4) is 0 Å². The third kappa shape index (κ3) is 3.22. The van der Waals surface area contributed by atoms with E-state index in [-0.39, 0.29) is 23.4 Å². The molecule has 4 N–H and O–H groups in total. The zero-order valence-corrected chi connectivity index (χ0v) is 11.6. The van der Waals surface area contributed by atoms with Gasteiger partial charge >= 0.3 is 0 Å². The summed E-state index contributed by atoms with van der Waals surface area (Å²) < 4.78 is 0. The first-order chi connectivity index (χ1) is 9.63. The number of amides is 1. The van der Waals surface area contributed by atoms with Crippen molar-refractivity contribution in [2.45, 2.75) is 38.1 Å². The minimum absolute atomic E-state index is 0.0966. The van der Waals surface area contributed by atoms with Gasteiger partial charge in [-0.05, 0) is 44.0 Å². The van der Waals surface area contributed by atoms with Crippen LogP contribution in [-0.2, 0) is 0 Å². The summed E-state index contributed by atoms with van der Waals surface area (Å²) in [5, 5.41) is 18.9. The Labute approximate surface area is 119 Å². The van der Waals surface area contributed by atoms with Crippen LogP contribution in [0.2, 0.25) is 0 Å².